The smallest absolute Gasteiger partial charge is 0.407 e. The SMILES string of the molecule is C=C[C@@H]1C[C@@]1(NC(=O)[C@@H]1C[C@@H]2CN1C(=O)[C@H](C(C)C)NC(=O)OCCCC/C=C/c1ccc3nc(-c4ccccc4)c(nc3c1)O2)C(=O)NS(=O)(=O)C1CC1. The first-order chi connectivity index (χ1) is 26.4. The maximum absolute atomic E-state index is 14.4. The van der Waals surface area contributed by atoms with Crippen LogP contribution in [0.2, 0.25) is 0 Å². The number of amides is 4. The number of rotatable bonds is 8. The van der Waals surface area contributed by atoms with Crippen LogP contribution in [-0.2, 0) is 29.1 Å². The number of nitrogens with zero attached hydrogens (tertiary/aromatic N) is 3. The summed E-state index contributed by atoms with van der Waals surface area (Å²) >= 11 is 0. The van der Waals surface area contributed by atoms with E-state index >= 15 is 0 Å². The van der Waals surface area contributed by atoms with Gasteiger partial charge in [-0.05, 0) is 62.1 Å². The predicted octanol–water partition coefficient (Wildman–Crippen LogP) is 4.26. The molecular formula is C40H46N6O8S. The number of benzene rings is 2. The Morgan fingerprint density at radius 3 is 2.56 bits per heavy atom. The van der Waals surface area contributed by atoms with Crippen LogP contribution in [0.5, 0.6) is 5.88 Å². The molecule has 0 unspecified atom stereocenters. The topological polar surface area (TPSA) is 186 Å². The third kappa shape index (κ3) is 8.21. The number of alkyl carbamates (subject to hydrolysis) is 1. The molecule has 15 heteroatoms. The Labute approximate surface area is 320 Å². The number of sulfonamides is 1. The number of hydrogen-bond acceptors (Lipinski definition) is 10. The highest BCUT2D eigenvalue weighted by molar-refractivity contribution is 7.91. The van der Waals surface area contributed by atoms with E-state index in [2.05, 4.69) is 21.9 Å². The second-order valence-corrected chi connectivity index (χ2v) is 17.0. The van der Waals surface area contributed by atoms with Crippen molar-refractivity contribution in [2.24, 2.45) is 11.8 Å². The number of ether oxygens (including phenoxy) is 2. The monoisotopic (exact) mass is 770 g/mol. The zero-order valence-electron chi connectivity index (χ0n) is 30.9. The molecule has 5 bridgehead atoms. The van der Waals surface area contributed by atoms with Gasteiger partial charge in [-0.1, -0.05) is 68.5 Å². The van der Waals surface area contributed by atoms with Gasteiger partial charge in [0.2, 0.25) is 27.7 Å². The van der Waals surface area contributed by atoms with Crippen molar-refractivity contribution >= 4 is 50.9 Å². The molecule has 4 amide bonds. The van der Waals surface area contributed by atoms with Crippen molar-refractivity contribution in [3.8, 4) is 17.1 Å². The molecule has 3 aromatic rings. The summed E-state index contributed by atoms with van der Waals surface area (Å²) in [5.41, 5.74) is 1.85. The van der Waals surface area contributed by atoms with E-state index in [1.165, 1.54) is 11.0 Å². The Hall–Kier alpha value is -5.31. The number of cyclic esters (lactones) is 1. The summed E-state index contributed by atoms with van der Waals surface area (Å²) in [5.74, 6) is -2.76. The van der Waals surface area contributed by atoms with Crippen molar-refractivity contribution in [1.29, 1.82) is 0 Å². The number of nitrogens with one attached hydrogen (secondary N) is 3. The summed E-state index contributed by atoms with van der Waals surface area (Å²) in [7, 11) is -3.91. The van der Waals surface area contributed by atoms with Crippen LogP contribution in [0, 0.1) is 11.8 Å². The molecule has 0 spiro atoms. The predicted molar refractivity (Wildman–Crippen MR) is 205 cm³/mol. The number of aromatic nitrogens is 2. The molecular weight excluding hydrogens is 725 g/mol. The Morgan fingerprint density at radius 2 is 1.85 bits per heavy atom. The minimum absolute atomic E-state index is 0.000384. The molecule has 3 N–H and O–H groups in total. The van der Waals surface area contributed by atoms with Crippen LogP contribution in [-0.4, -0.2) is 89.2 Å². The number of carbonyl (C=O) groups excluding carboxylic acids is 4. The lowest BCUT2D eigenvalue weighted by Crippen LogP contribution is -2.59. The Kier molecular flexibility index (Phi) is 10.7. The van der Waals surface area contributed by atoms with Crippen LogP contribution >= 0.6 is 0 Å². The molecule has 3 heterocycles. The molecule has 2 saturated carbocycles. The first-order valence-corrected chi connectivity index (χ1v) is 20.4. The third-order valence-electron chi connectivity index (χ3n) is 10.6. The highest BCUT2D eigenvalue weighted by atomic mass is 32.2. The van der Waals surface area contributed by atoms with Gasteiger partial charge in [0.15, 0.2) is 0 Å². The fourth-order valence-electron chi connectivity index (χ4n) is 7.19. The van der Waals surface area contributed by atoms with Gasteiger partial charge in [-0.3, -0.25) is 19.1 Å². The van der Waals surface area contributed by atoms with Gasteiger partial charge >= 0.3 is 6.09 Å². The van der Waals surface area contributed by atoms with E-state index < -0.39 is 74.7 Å². The second-order valence-electron chi connectivity index (χ2n) is 15.1. The Morgan fingerprint density at radius 1 is 1.07 bits per heavy atom. The molecule has 55 heavy (non-hydrogen) atoms. The number of carbonyl (C=O) groups is 4. The minimum Gasteiger partial charge on any atom is -0.471 e. The maximum atomic E-state index is 14.4. The summed E-state index contributed by atoms with van der Waals surface area (Å²) in [6.45, 7) is 7.43. The molecule has 2 aliphatic heterocycles. The van der Waals surface area contributed by atoms with Crippen molar-refractivity contribution in [3.63, 3.8) is 0 Å². The van der Waals surface area contributed by atoms with Crippen molar-refractivity contribution < 1.29 is 37.1 Å². The first-order valence-electron chi connectivity index (χ1n) is 18.8. The van der Waals surface area contributed by atoms with E-state index in [9.17, 15) is 27.6 Å². The maximum Gasteiger partial charge on any atom is 0.407 e. The van der Waals surface area contributed by atoms with Gasteiger partial charge in [-0.2, -0.15) is 0 Å². The summed E-state index contributed by atoms with van der Waals surface area (Å²) in [4.78, 5) is 66.5. The highest BCUT2D eigenvalue weighted by Gasteiger charge is 2.62. The second kappa shape index (κ2) is 15.4. The van der Waals surface area contributed by atoms with Crippen molar-refractivity contribution in [2.75, 3.05) is 13.2 Å². The van der Waals surface area contributed by atoms with Crippen LogP contribution in [0.4, 0.5) is 4.79 Å². The molecule has 5 atom stereocenters. The van der Waals surface area contributed by atoms with Gasteiger partial charge in [-0.15, -0.1) is 6.58 Å². The van der Waals surface area contributed by atoms with E-state index in [-0.39, 0.29) is 31.9 Å². The van der Waals surface area contributed by atoms with Crippen molar-refractivity contribution in [2.45, 2.75) is 87.8 Å². The Balaban J connectivity index is 1.24. The van der Waals surface area contributed by atoms with Gasteiger partial charge in [0, 0.05) is 17.9 Å². The third-order valence-corrected chi connectivity index (χ3v) is 12.4. The first kappa shape index (κ1) is 38.0. The molecule has 1 aromatic heterocycles. The average Bonchev–Trinajstić information content (AvgIpc) is 4.09. The fraction of sp³-hybridized carbons (Fsp3) is 0.450. The van der Waals surface area contributed by atoms with Crippen LogP contribution in [0.15, 0.2) is 67.3 Å². The molecule has 14 nitrogen and oxygen atoms in total. The number of hydrogen-bond donors (Lipinski definition) is 3. The van der Waals surface area contributed by atoms with Crippen molar-refractivity contribution in [1.82, 2.24) is 30.2 Å². The zero-order valence-corrected chi connectivity index (χ0v) is 31.7. The van der Waals surface area contributed by atoms with E-state index in [0.717, 1.165) is 24.0 Å². The van der Waals surface area contributed by atoms with E-state index in [1.807, 2.05) is 60.7 Å². The van der Waals surface area contributed by atoms with Gasteiger partial charge in [0.05, 0.1) is 29.4 Å². The molecule has 0 radical (unpaired) electrons. The standard InChI is InChI=1S/C40H46N6O8S/c1-4-27-22-40(27,38(49)45-55(51,52)29-16-17-29)44-35(47)32-21-28-23-46(32)37(48)33(24(2)3)43-39(50)53-19-11-6-5-8-12-25-15-18-30-31(20-25)42-36(54-28)34(41-30)26-13-9-7-10-14-26/h4,7-10,12-15,18,20,24,27-29,32-33H,1,5-6,11,16-17,19,21-23H2,2-3H3,(H,43,50)(H,44,47)(H,45,49)/b12-8+/t27-,28-,32+,33+,40+/m1/s1. The summed E-state index contributed by atoms with van der Waals surface area (Å²) in [6.07, 6.45) is 7.23. The number of allylic oxidation sites excluding steroid dienone is 1. The van der Waals surface area contributed by atoms with E-state index in [0.29, 0.717) is 36.0 Å². The van der Waals surface area contributed by atoms with Gasteiger partial charge < -0.3 is 25.0 Å². The van der Waals surface area contributed by atoms with Gasteiger partial charge in [0.25, 0.3) is 5.91 Å². The van der Waals surface area contributed by atoms with Crippen LogP contribution < -0.4 is 20.1 Å². The fourth-order valence-corrected chi connectivity index (χ4v) is 8.55. The summed E-state index contributed by atoms with van der Waals surface area (Å²) < 4.78 is 39.7. The lowest BCUT2D eigenvalue weighted by Gasteiger charge is -2.31. The molecule has 2 aromatic carbocycles. The Bertz CT molecular complexity index is 2140. The van der Waals surface area contributed by atoms with Crippen LogP contribution in [0.25, 0.3) is 28.4 Å². The van der Waals surface area contributed by atoms with E-state index in [4.69, 9.17) is 19.4 Å². The molecule has 290 valence electrons. The average molecular weight is 771 g/mol. The van der Waals surface area contributed by atoms with Gasteiger partial charge in [-0.25, -0.2) is 23.2 Å². The molecule has 1 saturated heterocycles. The number of fused-ring (bicyclic) bond motifs is 4. The highest BCUT2D eigenvalue weighted by Crippen LogP contribution is 2.45. The normalized spacial score (nSPS) is 26.5. The molecule has 7 rings (SSSR count). The zero-order chi connectivity index (χ0) is 38.9. The minimum atomic E-state index is -3.91. The lowest BCUT2D eigenvalue weighted by molar-refractivity contribution is -0.141. The molecule has 3 fully saturated rings. The van der Waals surface area contributed by atoms with Gasteiger partial charge in [0.1, 0.15) is 29.4 Å². The van der Waals surface area contributed by atoms with E-state index in [1.54, 1.807) is 13.8 Å². The lowest BCUT2D eigenvalue weighted by atomic mass is 10.0. The molecule has 2 aliphatic carbocycles. The summed E-state index contributed by atoms with van der Waals surface area (Å²) in [5, 5.41) is 4.86. The summed E-state index contributed by atoms with van der Waals surface area (Å²) in [6, 6.07) is 13.0. The quantitative estimate of drug-likeness (QED) is 0.280. The molecule has 4 aliphatic rings. The van der Waals surface area contributed by atoms with Crippen LogP contribution in [0.1, 0.15) is 64.4 Å². The van der Waals surface area contributed by atoms with Crippen LogP contribution in [0.3, 0.4) is 0 Å². The van der Waals surface area contributed by atoms with Crippen molar-refractivity contribution in [3.05, 3.63) is 72.8 Å². The largest absolute Gasteiger partial charge is 0.471 e.